The summed E-state index contributed by atoms with van der Waals surface area (Å²) >= 11 is 5.78. The second kappa shape index (κ2) is 6.37. The van der Waals surface area contributed by atoms with Crippen molar-refractivity contribution in [3.05, 3.63) is 77.6 Å². The van der Waals surface area contributed by atoms with E-state index in [-0.39, 0.29) is 0 Å². The molecule has 0 aliphatic carbocycles. The van der Waals surface area contributed by atoms with Crippen LogP contribution in [0, 0.1) is 0 Å². The van der Waals surface area contributed by atoms with Crippen molar-refractivity contribution in [3.63, 3.8) is 0 Å². The first kappa shape index (κ1) is 13.6. The second-order valence-electron chi connectivity index (χ2n) is 4.52. The van der Waals surface area contributed by atoms with Gasteiger partial charge in [-0.15, -0.1) is 0 Å². The van der Waals surface area contributed by atoms with E-state index < -0.39 is 0 Å². The zero-order valence-corrected chi connectivity index (χ0v) is 12.0. The van der Waals surface area contributed by atoms with E-state index in [0.717, 1.165) is 16.9 Å². The van der Waals surface area contributed by atoms with Crippen LogP contribution in [0.4, 0.5) is 0 Å². The normalized spacial score (nSPS) is 10.3. The molecule has 0 fully saturated rings. The SMILES string of the molecule is Clc1cnc(-c2ccc(OCc3ccccc3)cc2)nc1. The van der Waals surface area contributed by atoms with Gasteiger partial charge in [-0.3, -0.25) is 0 Å². The summed E-state index contributed by atoms with van der Waals surface area (Å²) in [6, 6.07) is 17.8. The average molecular weight is 297 g/mol. The Morgan fingerprint density at radius 1 is 0.857 bits per heavy atom. The Morgan fingerprint density at radius 3 is 2.19 bits per heavy atom. The zero-order chi connectivity index (χ0) is 14.5. The summed E-state index contributed by atoms with van der Waals surface area (Å²) in [5.41, 5.74) is 2.07. The number of halogens is 1. The molecule has 1 aromatic heterocycles. The maximum Gasteiger partial charge on any atom is 0.159 e. The Balaban J connectivity index is 1.68. The molecule has 0 bridgehead atoms. The first-order valence-corrected chi connectivity index (χ1v) is 6.94. The molecule has 2 aromatic carbocycles. The number of ether oxygens (including phenoxy) is 1. The summed E-state index contributed by atoms with van der Waals surface area (Å²) in [5.74, 6) is 1.46. The highest BCUT2D eigenvalue weighted by molar-refractivity contribution is 6.30. The summed E-state index contributed by atoms with van der Waals surface area (Å²) in [7, 11) is 0. The minimum atomic E-state index is 0.529. The third-order valence-corrected chi connectivity index (χ3v) is 3.18. The van der Waals surface area contributed by atoms with Gasteiger partial charge in [0, 0.05) is 18.0 Å². The molecule has 0 unspecified atom stereocenters. The van der Waals surface area contributed by atoms with E-state index in [0.29, 0.717) is 17.5 Å². The van der Waals surface area contributed by atoms with Crippen LogP contribution in [0.2, 0.25) is 5.02 Å². The molecule has 0 atom stereocenters. The van der Waals surface area contributed by atoms with Crippen molar-refractivity contribution in [1.82, 2.24) is 9.97 Å². The summed E-state index contributed by atoms with van der Waals surface area (Å²) in [5, 5.41) is 0.529. The number of benzene rings is 2. The van der Waals surface area contributed by atoms with Gasteiger partial charge in [-0.1, -0.05) is 41.9 Å². The van der Waals surface area contributed by atoms with Gasteiger partial charge in [0.15, 0.2) is 5.82 Å². The molecule has 0 amide bonds. The van der Waals surface area contributed by atoms with Gasteiger partial charge in [-0.25, -0.2) is 9.97 Å². The van der Waals surface area contributed by atoms with E-state index >= 15 is 0 Å². The van der Waals surface area contributed by atoms with Crippen LogP contribution in [0.5, 0.6) is 5.75 Å². The number of hydrogen-bond donors (Lipinski definition) is 0. The predicted octanol–water partition coefficient (Wildman–Crippen LogP) is 4.38. The third kappa shape index (κ3) is 3.58. The summed E-state index contributed by atoms with van der Waals surface area (Å²) in [4.78, 5) is 8.38. The van der Waals surface area contributed by atoms with Crippen molar-refractivity contribution in [3.8, 4) is 17.1 Å². The Morgan fingerprint density at radius 2 is 1.52 bits per heavy atom. The second-order valence-corrected chi connectivity index (χ2v) is 4.96. The van der Waals surface area contributed by atoms with Crippen LogP contribution >= 0.6 is 11.6 Å². The van der Waals surface area contributed by atoms with Gasteiger partial charge in [0.25, 0.3) is 0 Å². The van der Waals surface area contributed by atoms with Gasteiger partial charge in [0.1, 0.15) is 12.4 Å². The topological polar surface area (TPSA) is 35.0 Å². The molecule has 1 heterocycles. The largest absolute Gasteiger partial charge is 0.489 e. The predicted molar refractivity (Wildman–Crippen MR) is 83.3 cm³/mol. The fourth-order valence-electron chi connectivity index (χ4n) is 1.90. The summed E-state index contributed by atoms with van der Waals surface area (Å²) < 4.78 is 5.74. The van der Waals surface area contributed by atoms with Gasteiger partial charge in [-0.2, -0.15) is 0 Å². The quantitative estimate of drug-likeness (QED) is 0.717. The lowest BCUT2D eigenvalue weighted by molar-refractivity contribution is 0.306. The van der Waals surface area contributed by atoms with Crippen LogP contribution in [0.15, 0.2) is 67.0 Å². The number of nitrogens with zero attached hydrogens (tertiary/aromatic N) is 2. The van der Waals surface area contributed by atoms with Crippen molar-refractivity contribution >= 4 is 11.6 Å². The summed E-state index contributed by atoms with van der Waals surface area (Å²) in [6.45, 7) is 0.553. The van der Waals surface area contributed by atoms with E-state index in [9.17, 15) is 0 Å². The fourth-order valence-corrected chi connectivity index (χ4v) is 2.00. The molecule has 0 saturated carbocycles. The molecule has 0 aliphatic heterocycles. The lowest BCUT2D eigenvalue weighted by Gasteiger charge is -2.07. The molecule has 0 spiro atoms. The van der Waals surface area contributed by atoms with E-state index in [1.165, 1.54) is 0 Å². The van der Waals surface area contributed by atoms with Gasteiger partial charge >= 0.3 is 0 Å². The molecule has 0 aliphatic rings. The third-order valence-electron chi connectivity index (χ3n) is 2.98. The fraction of sp³-hybridized carbons (Fsp3) is 0.0588. The summed E-state index contributed by atoms with van der Waals surface area (Å²) in [6.07, 6.45) is 3.17. The number of hydrogen-bond acceptors (Lipinski definition) is 3. The van der Waals surface area contributed by atoms with Gasteiger partial charge in [0.05, 0.1) is 5.02 Å². The van der Waals surface area contributed by atoms with Crippen molar-refractivity contribution in [1.29, 1.82) is 0 Å². The molecular formula is C17H13ClN2O. The van der Waals surface area contributed by atoms with Crippen LogP contribution in [0.3, 0.4) is 0 Å². The highest BCUT2D eigenvalue weighted by Gasteiger charge is 2.02. The Hall–Kier alpha value is -2.39. The number of aromatic nitrogens is 2. The van der Waals surface area contributed by atoms with Crippen LogP contribution < -0.4 is 4.74 Å². The standard InChI is InChI=1S/C17H13ClN2O/c18-15-10-19-17(20-11-15)14-6-8-16(9-7-14)21-12-13-4-2-1-3-5-13/h1-11H,12H2. The van der Waals surface area contributed by atoms with Crippen molar-refractivity contribution < 1.29 is 4.74 Å². The maximum atomic E-state index is 5.78. The molecule has 104 valence electrons. The van der Waals surface area contributed by atoms with Crippen molar-refractivity contribution in [2.45, 2.75) is 6.61 Å². The minimum Gasteiger partial charge on any atom is -0.489 e. The van der Waals surface area contributed by atoms with Crippen LogP contribution in [-0.2, 0) is 6.61 Å². The van der Waals surface area contributed by atoms with Crippen molar-refractivity contribution in [2.24, 2.45) is 0 Å². The Kier molecular flexibility index (Phi) is 4.12. The van der Waals surface area contributed by atoms with Gasteiger partial charge in [-0.05, 0) is 29.8 Å². The number of rotatable bonds is 4. The van der Waals surface area contributed by atoms with Crippen molar-refractivity contribution in [2.75, 3.05) is 0 Å². The van der Waals surface area contributed by atoms with E-state index in [4.69, 9.17) is 16.3 Å². The van der Waals surface area contributed by atoms with E-state index in [2.05, 4.69) is 9.97 Å². The maximum absolute atomic E-state index is 5.78. The molecule has 3 rings (SSSR count). The molecule has 0 saturated heterocycles. The average Bonchev–Trinajstić information content (AvgIpc) is 2.55. The van der Waals surface area contributed by atoms with Gasteiger partial charge < -0.3 is 4.74 Å². The highest BCUT2D eigenvalue weighted by Crippen LogP contribution is 2.20. The zero-order valence-electron chi connectivity index (χ0n) is 11.2. The first-order valence-electron chi connectivity index (χ1n) is 6.56. The monoisotopic (exact) mass is 296 g/mol. The molecule has 0 N–H and O–H groups in total. The van der Waals surface area contributed by atoms with E-state index in [1.807, 2.05) is 54.6 Å². The van der Waals surface area contributed by atoms with Gasteiger partial charge in [0.2, 0.25) is 0 Å². The first-order chi connectivity index (χ1) is 10.3. The van der Waals surface area contributed by atoms with Crippen LogP contribution in [-0.4, -0.2) is 9.97 Å². The highest BCUT2D eigenvalue weighted by atomic mass is 35.5. The van der Waals surface area contributed by atoms with Crippen LogP contribution in [0.1, 0.15) is 5.56 Å². The molecule has 21 heavy (non-hydrogen) atoms. The molecule has 3 nitrogen and oxygen atoms in total. The molecular weight excluding hydrogens is 284 g/mol. The van der Waals surface area contributed by atoms with Crippen LogP contribution in [0.25, 0.3) is 11.4 Å². The van der Waals surface area contributed by atoms with E-state index in [1.54, 1.807) is 12.4 Å². The Bertz CT molecular complexity index is 697. The minimum absolute atomic E-state index is 0.529. The smallest absolute Gasteiger partial charge is 0.159 e. The molecule has 0 radical (unpaired) electrons. The lowest BCUT2D eigenvalue weighted by atomic mass is 10.2. The molecule has 3 aromatic rings. The Labute approximate surface area is 128 Å². The lowest BCUT2D eigenvalue weighted by Crippen LogP contribution is -1.95. The molecule has 4 heteroatoms.